The van der Waals surface area contributed by atoms with Crippen molar-refractivity contribution in [2.45, 2.75) is 31.5 Å². The van der Waals surface area contributed by atoms with E-state index in [1.807, 2.05) is 6.92 Å². The molecule has 6 radical (unpaired) electrons. The Kier molecular flexibility index (Phi) is 9.61. The lowest BCUT2D eigenvalue weighted by Gasteiger charge is -2.33. The molecule has 45 heavy (non-hydrogen) atoms. The average Bonchev–Trinajstić information content (AvgIpc) is 3.75. The summed E-state index contributed by atoms with van der Waals surface area (Å²) in [7, 11) is 18.2. The largest absolute Gasteiger partial charge is 0.494 e. The maximum atomic E-state index is 12.9. The summed E-state index contributed by atoms with van der Waals surface area (Å²) < 4.78 is 11.3. The van der Waals surface area contributed by atoms with Gasteiger partial charge in [-0.2, -0.15) is 4.98 Å². The van der Waals surface area contributed by atoms with Gasteiger partial charge in [0.2, 0.25) is 5.91 Å². The van der Waals surface area contributed by atoms with E-state index in [2.05, 4.69) is 46.5 Å². The minimum Gasteiger partial charge on any atom is -0.494 e. The third-order valence-corrected chi connectivity index (χ3v) is 7.08. The van der Waals surface area contributed by atoms with Crippen LogP contribution >= 0.6 is 0 Å². The van der Waals surface area contributed by atoms with Crippen LogP contribution in [-0.4, -0.2) is 117 Å². The van der Waals surface area contributed by atoms with E-state index in [-0.39, 0.29) is 40.9 Å². The zero-order valence-electron chi connectivity index (χ0n) is 25.0. The Morgan fingerprint density at radius 3 is 2.51 bits per heavy atom. The molecule has 18 heteroatoms. The Morgan fingerprint density at radius 1 is 1.09 bits per heavy atom. The molecule has 4 N–H and O–H groups in total. The molecule has 3 heterocycles. The second-order valence-electron chi connectivity index (χ2n) is 10.8. The lowest BCUT2D eigenvalue weighted by Crippen LogP contribution is -2.51. The molecule has 1 aromatic carbocycles. The third kappa shape index (κ3) is 8.12. The quantitative estimate of drug-likeness (QED) is 0.221. The summed E-state index contributed by atoms with van der Waals surface area (Å²) in [5.41, 5.74) is 0.871. The van der Waals surface area contributed by atoms with Crippen molar-refractivity contribution in [3.8, 4) is 17.2 Å². The van der Waals surface area contributed by atoms with E-state index in [1.54, 1.807) is 23.1 Å². The van der Waals surface area contributed by atoms with Gasteiger partial charge in [-0.05, 0) is 31.9 Å². The first kappa shape index (κ1) is 31.8. The second kappa shape index (κ2) is 13.6. The molecule has 4 amide bonds. The van der Waals surface area contributed by atoms with Crippen LogP contribution in [0.3, 0.4) is 0 Å². The molecule has 2 aliphatic rings. The molecule has 5 rings (SSSR count). The Bertz CT molecular complexity index is 1550. The summed E-state index contributed by atoms with van der Waals surface area (Å²) in [6.07, 6.45) is 1.60. The molecule has 0 bridgehead atoms. The number of rotatable bonds is 11. The van der Waals surface area contributed by atoms with E-state index in [0.717, 1.165) is 12.8 Å². The standard InChI is InChI=1S/C27H31B3N10O5/c1-3-31-26(43)40-11-9-39(10-12-40)14-20-34-25(45-38-20)16-5-4-6-17(22(16)44-2)32-18-13-19(33-23(41)15-7-8-15)36-37-21(18)24(42)35-27(28,29)30/h4-6,13,15H,3,7-12,14H2,1-2H3,(H,31,43)(H,35,42)(H2,32,33,36,41). The summed E-state index contributed by atoms with van der Waals surface area (Å²) in [5.74, 6) is 0.0863. The highest BCUT2D eigenvalue weighted by Crippen LogP contribution is 2.38. The highest BCUT2D eigenvalue weighted by molar-refractivity contribution is 6.60. The first-order valence-corrected chi connectivity index (χ1v) is 14.4. The van der Waals surface area contributed by atoms with E-state index in [4.69, 9.17) is 32.8 Å². The number of urea groups is 1. The van der Waals surface area contributed by atoms with Gasteiger partial charge in [0.15, 0.2) is 23.1 Å². The van der Waals surface area contributed by atoms with Crippen molar-refractivity contribution < 1.29 is 23.6 Å². The summed E-state index contributed by atoms with van der Waals surface area (Å²) in [6.45, 7) is 5.43. The highest BCUT2D eigenvalue weighted by atomic mass is 16.5. The SMILES string of the molecule is [B]C([B])([B])NC(=O)c1nnc(NC(=O)C2CC2)cc1Nc1cccc(-c2nc(CN3CCN(C(=O)NCC)CC3)no2)c1OC. The fourth-order valence-corrected chi connectivity index (χ4v) is 4.71. The Labute approximate surface area is 263 Å². The number of aromatic nitrogens is 4. The van der Waals surface area contributed by atoms with Gasteiger partial charge in [0.25, 0.3) is 11.8 Å². The number of hydrogen-bond acceptors (Lipinski definition) is 11. The van der Waals surface area contributed by atoms with Crippen LogP contribution in [0.5, 0.6) is 5.75 Å². The molecule has 0 spiro atoms. The number of carbonyl (C=O) groups excluding carboxylic acids is 3. The van der Waals surface area contributed by atoms with Gasteiger partial charge in [-0.25, -0.2) is 4.79 Å². The van der Waals surface area contributed by atoms with Crippen LogP contribution in [0, 0.1) is 5.92 Å². The van der Waals surface area contributed by atoms with E-state index in [1.165, 1.54) is 13.2 Å². The van der Waals surface area contributed by atoms with Crippen LogP contribution < -0.4 is 26.0 Å². The molecule has 15 nitrogen and oxygen atoms in total. The molecule has 228 valence electrons. The van der Waals surface area contributed by atoms with Crippen molar-refractivity contribution in [1.29, 1.82) is 0 Å². The summed E-state index contributed by atoms with van der Waals surface area (Å²) >= 11 is 0. The Morgan fingerprint density at radius 2 is 1.84 bits per heavy atom. The zero-order chi connectivity index (χ0) is 32.1. The van der Waals surface area contributed by atoms with Crippen molar-refractivity contribution in [2.75, 3.05) is 50.5 Å². The number of nitrogens with zero attached hydrogens (tertiary/aromatic N) is 6. The topological polar surface area (TPSA) is 180 Å². The number of nitrogens with one attached hydrogen (secondary N) is 4. The summed E-state index contributed by atoms with van der Waals surface area (Å²) in [5, 5.41) is 21.0. The van der Waals surface area contributed by atoms with Crippen LogP contribution in [-0.2, 0) is 11.3 Å². The smallest absolute Gasteiger partial charge is 0.317 e. The van der Waals surface area contributed by atoms with E-state index >= 15 is 0 Å². The first-order valence-electron chi connectivity index (χ1n) is 14.4. The molecule has 1 aliphatic carbocycles. The number of piperazine rings is 1. The number of methoxy groups -OCH3 is 1. The molecule has 1 aliphatic heterocycles. The maximum absolute atomic E-state index is 12.9. The van der Waals surface area contributed by atoms with Crippen molar-refractivity contribution in [2.24, 2.45) is 5.92 Å². The predicted octanol–water partition coefficient (Wildman–Crippen LogP) is 0.321. The molecule has 2 aromatic heterocycles. The summed E-state index contributed by atoms with van der Waals surface area (Å²) in [6, 6.07) is 6.57. The number of amides is 4. The normalized spacial score (nSPS) is 15.3. The first-order chi connectivity index (χ1) is 21.5. The number of hydrogen-bond donors (Lipinski definition) is 4. The van der Waals surface area contributed by atoms with Crippen LogP contribution in [0.4, 0.5) is 22.0 Å². The monoisotopic (exact) mass is 608 g/mol. The van der Waals surface area contributed by atoms with E-state index in [0.29, 0.717) is 62.1 Å². The minimum atomic E-state index is -2.01. The van der Waals surface area contributed by atoms with Gasteiger partial charge >= 0.3 is 6.03 Å². The fourth-order valence-electron chi connectivity index (χ4n) is 4.71. The number of anilines is 3. The van der Waals surface area contributed by atoms with Gasteiger partial charge in [-0.1, -0.05) is 16.5 Å². The molecule has 1 saturated heterocycles. The van der Waals surface area contributed by atoms with E-state index in [9.17, 15) is 14.4 Å². The van der Waals surface area contributed by atoms with Crippen LogP contribution in [0.25, 0.3) is 11.5 Å². The second-order valence-corrected chi connectivity index (χ2v) is 10.8. The molecule has 0 atom stereocenters. The molecular formula is C27H31B3N10O5. The van der Waals surface area contributed by atoms with Gasteiger partial charge < -0.3 is 35.4 Å². The van der Waals surface area contributed by atoms with Crippen LogP contribution in [0.2, 0.25) is 0 Å². The number of benzene rings is 1. The van der Waals surface area contributed by atoms with Crippen LogP contribution in [0.1, 0.15) is 36.1 Å². The Hall–Kier alpha value is -4.60. The highest BCUT2D eigenvalue weighted by Gasteiger charge is 2.30. The molecule has 1 saturated carbocycles. The molecule has 3 aromatic rings. The lowest BCUT2D eigenvalue weighted by atomic mass is 9.49. The van der Waals surface area contributed by atoms with Crippen molar-refractivity contribution in [3.63, 3.8) is 0 Å². The number of carbonyl (C=O) groups is 3. The summed E-state index contributed by atoms with van der Waals surface area (Å²) in [4.78, 5) is 45.9. The predicted molar refractivity (Wildman–Crippen MR) is 166 cm³/mol. The lowest BCUT2D eigenvalue weighted by molar-refractivity contribution is -0.117. The molecule has 0 unspecified atom stereocenters. The van der Waals surface area contributed by atoms with Crippen molar-refractivity contribution >= 4 is 58.6 Å². The number of para-hydroxylation sites is 1. The van der Waals surface area contributed by atoms with Gasteiger partial charge in [0.1, 0.15) is 0 Å². The molecule has 2 fully saturated rings. The fraction of sp³-hybridized carbons (Fsp3) is 0.444. The third-order valence-electron chi connectivity index (χ3n) is 7.08. The van der Waals surface area contributed by atoms with Gasteiger partial charge in [-0.3, -0.25) is 14.5 Å². The van der Waals surface area contributed by atoms with E-state index < -0.39 is 11.1 Å². The molecular weight excluding hydrogens is 577 g/mol. The van der Waals surface area contributed by atoms with Gasteiger partial charge in [0.05, 0.1) is 54.1 Å². The van der Waals surface area contributed by atoms with Crippen LogP contribution in [0.15, 0.2) is 28.8 Å². The zero-order valence-corrected chi connectivity index (χ0v) is 25.0. The van der Waals surface area contributed by atoms with Gasteiger partial charge in [0, 0.05) is 44.7 Å². The Balaban J connectivity index is 1.35. The van der Waals surface area contributed by atoms with Gasteiger partial charge in [-0.15, -0.1) is 10.2 Å². The van der Waals surface area contributed by atoms with Crippen molar-refractivity contribution in [1.82, 2.24) is 40.8 Å². The number of ether oxygens (including phenoxy) is 1. The average molecular weight is 608 g/mol. The maximum Gasteiger partial charge on any atom is 0.317 e. The minimum absolute atomic E-state index is 0.0691. The van der Waals surface area contributed by atoms with Crippen molar-refractivity contribution in [3.05, 3.63) is 35.8 Å².